The highest BCUT2D eigenvalue weighted by molar-refractivity contribution is 5.54. The van der Waals surface area contributed by atoms with Gasteiger partial charge in [-0.2, -0.15) is 0 Å². The summed E-state index contributed by atoms with van der Waals surface area (Å²) in [6.45, 7) is 4.58. The first kappa shape index (κ1) is 18.1. The van der Waals surface area contributed by atoms with Crippen LogP contribution in [0.1, 0.15) is 48.3 Å². The Morgan fingerprint density at radius 3 is 1.69 bits per heavy atom. The summed E-state index contributed by atoms with van der Waals surface area (Å²) in [6, 6.07) is 27.3. The van der Waals surface area contributed by atoms with Gasteiger partial charge in [0.25, 0.3) is 0 Å². The maximum absolute atomic E-state index is 6.42. The fourth-order valence-electron chi connectivity index (χ4n) is 3.87. The smallest absolute Gasteiger partial charge is 0.119 e. The van der Waals surface area contributed by atoms with Crippen LogP contribution in [0.15, 0.2) is 78.9 Å². The summed E-state index contributed by atoms with van der Waals surface area (Å²) in [5, 5.41) is 0. The maximum atomic E-state index is 6.42. The zero-order valence-electron chi connectivity index (χ0n) is 15.7. The quantitative estimate of drug-likeness (QED) is 0.559. The van der Waals surface area contributed by atoms with Gasteiger partial charge in [0.05, 0.1) is 7.11 Å². The second kappa shape index (κ2) is 8.09. The third-order valence-electron chi connectivity index (χ3n) is 5.38. The average molecular weight is 345 g/mol. The van der Waals surface area contributed by atoms with Crippen molar-refractivity contribution < 1.29 is 4.74 Å². The number of methoxy groups -OCH3 is 1. The topological polar surface area (TPSA) is 35.2 Å². The molecule has 0 aliphatic rings. The molecule has 0 aliphatic carbocycles. The Kier molecular flexibility index (Phi) is 5.62. The lowest BCUT2D eigenvalue weighted by Crippen LogP contribution is -2.17. The summed E-state index contributed by atoms with van der Waals surface area (Å²) in [4.78, 5) is 0. The van der Waals surface area contributed by atoms with E-state index in [0.717, 1.165) is 17.0 Å². The van der Waals surface area contributed by atoms with Crippen LogP contribution in [0.2, 0.25) is 0 Å². The molecule has 26 heavy (non-hydrogen) atoms. The monoisotopic (exact) mass is 345 g/mol. The molecule has 0 saturated heterocycles. The van der Waals surface area contributed by atoms with Crippen LogP contribution < -0.4 is 10.5 Å². The van der Waals surface area contributed by atoms with Crippen LogP contribution >= 0.6 is 0 Å². The standard InChI is InChI=1S/C24H27NO/c1-17(19-10-6-4-7-11-19)24(18(2)20-12-8-5-9-13-20)22-16-21(26-3)14-15-23(22)25/h4-18,24H,25H2,1-3H3. The molecule has 0 aromatic heterocycles. The number of nitrogen functional groups attached to an aromatic ring is 1. The summed E-state index contributed by atoms with van der Waals surface area (Å²) >= 11 is 0. The van der Waals surface area contributed by atoms with Gasteiger partial charge < -0.3 is 10.5 Å². The summed E-state index contributed by atoms with van der Waals surface area (Å²) in [7, 11) is 1.70. The highest BCUT2D eigenvalue weighted by atomic mass is 16.5. The van der Waals surface area contributed by atoms with Crippen LogP contribution in [0, 0.1) is 0 Å². The van der Waals surface area contributed by atoms with E-state index < -0.39 is 0 Å². The van der Waals surface area contributed by atoms with E-state index in [1.54, 1.807) is 7.11 Å². The molecule has 134 valence electrons. The summed E-state index contributed by atoms with van der Waals surface area (Å²) in [5.41, 5.74) is 11.0. The molecule has 0 spiro atoms. The summed E-state index contributed by atoms with van der Waals surface area (Å²) in [6.07, 6.45) is 0. The molecule has 3 aromatic carbocycles. The first-order chi connectivity index (χ1) is 12.6. The van der Waals surface area contributed by atoms with Crippen LogP contribution in [0.25, 0.3) is 0 Å². The second-order valence-corrected chi connectivity index (χ2v) is 6.92. The van der Waals surface area contributed by atoms with E-state index in [0.29, 0.717) is 11.8 Å². The van der Waals surface area contributed by atoms with Gasteiger partial charge in [-0.3, -0.25) is 0 Å². The van der Waals surface area contributed by atoms with Gasteiger partial charge in [-0.1, -0.05) is 74.5 Å². The van der Waals surface area contributed by atoms with Crippen LogP contribution in [-0.4, -0.2) is 7.11 Å². The fraction of sp³-hybridized carbons (Fsp3) is 0.250. The van der Waals surface area contributed by atoms with Gasteiger partial charge in [0.1, 0.15) is 5.75 Å². The van der Waals surface area contributed by atoms with E-state index in [4.69, 9.17) is 10.5 Å². The largest absolute Gasteiger partial charge is 0.497 e. The molecule has 3 aromatic rings. The lowest BCUT2D eigenvalue weighted by molar-refractivity contribution is 0.412. The van der Waals surface area contributed by atoms with E-state index in [1.165, 1.54) is 11.1 Å². The maximum Gasteiger partial charge on any atom is 0.119 e. The molecule has 0 aliphatic heterocycles. The molecule has 2 unspecified atom stereocenters. The van der Waals surface area contributed by atoms with Crippen molar-refractivity contribution in [1.29, 1.82) is 0 Å². The highest BCUT2D eigenvalue weighted by Gasteiger charge is 2.29. The van der Waals surface area contributed by atoms with Gasteiger partial charge in [-0.15, -0.1) is 0 Å². The van der Waals surface area contributed by atoms with Crippen molar-refractivity contribution in [3.63, 3.8) is 0 Å². The lowest BCUT2D eigenvalue weighted by Gasteiger charge is -2.32. The molecular formula is C24H27NO. The molecule has 0 amide bonds. The van der Waals surface area contributed by atoms with E-state index in [1.807, 2.05) is 12.1 Å². The minimum atomic E-state index is 0.245. The Morgan fingerprint density at radius 1 is 0.731 bits per heavy atom. The Bertz CT molecular complexity index is 784. The van der Waals surface area contributed by atoms with Crippen LogP contribution in [0.3, 0.4) is 0 Å². The van der Waals surface area contributed by atoms with Gasteiger partial charge in [-0.05, 0) is 52.6 Å². The molecule has 0 radical (unpaired) electrons. The van der Waals surface area contributed by atoms with Gasteiger partial charge in [0.15, 0.2) is 0 Å². The molecular weight excluding hydrogens is 318 g/mol. The van der Waals surface area contributed by atoms with E-state index in [-0.39, 0.29) is 5.92 Å². The Morgan fingerprint density at radius 2 is 1.23 bits per heavy atom. The van der Waals surface area contributed by atoms with Crippen molar-refractivity contribution in [1.82, 2.24) is 0 Å². The van der Waals surface area contributed by atoms with Crippen LogP contribution in [0.4, 0.5) is 5.69 Å². The number of anilines is 1. The first-order valence-electron chi connectivity index (χ1n) is 9.15. The predicted octanol–water partition coefficient (Wildman–Crippen LogP) is 5.97. The average Bonchev–Trinajstić information content (AvgIpc) is 2.70. The minimum absolute atomic E-state index is 0.245. The predicted molar refractivity (Wildman–Crippen MR) is 110 cm³/mol. The molecule has 2 heteroatoms. The summed E-state index contributed by atoms with van der Waals surface area (Å²) < 4.78 is 5.48. The SMILES string of the molecule is COc1ccc(N)c(C(C(C)c2ccccc2)C(C)c2ccccc2)c1. The van der Waals surface area contributed by atoms with Crippen molar-refractivity contribution >= 4 is 5.69 Å². The summed E-state index contributed by atoms with van der Waals surface area (Å²) in [5.74, 6) is 1.73. The Hall–Kier alpha value is -2.74. The second-order valence-electron chi connectivity index (χ2n) is 6.92. The van der Waals surface area contributed by atoms with E-state index in [2.05, 4.69) is 80.6 Å². The van der Waals surface area contributed by atoms with E-state index in [9.17, 15) is 0 Å². The number of rotatable bonds is 6. The third-order valence-corrected chi connectivity index (χ3v) is 5.38. The number of benzene rings is 3. The third kappa shape index (κ3) is 3.75. The van der Waals surface area contributed by atoms with Crippen molar-refractivity contribution in [2.75, 3.05) is 12.8 Å². The molecule has 2 atom stereocenters. The normalized spacial score (nSPS) is 14.4. The molecule has 0 fully saturated rings. The van der Waals surface area contributed by atoms with Crippen molar-refractivity contribution in [2.45, 2.75) is 31.6 Å². The number of hydrogen-bond donors (Lipinski definition) is 1. The van der Waals surface area contributed by atoms with E-state index >= 15 is 0 Å². The van der Waals surface area contributed by atoms with Gasteiger partial charge in [-0.25, -0.2) is 0 Å². The van der Waals surface area contributed by atoms with Crippen molar-refractivity contribution in [2.24, 2.45) is 0 Å². The van der Waals surface area contributed by atoms with Crippen molar-refractivity contribution in [3.8, 4) is 5.75 Å². The zero-order chi connectivity index (χ0) is 18.5. The van der Waals surface area contributed by atoms with Crippen molar-refractivity contribution in [3.05, 3.63) is 95.6 Å². The van der Waals surface area contributed by atoms with Gasteiger partial charge in [0.2, 0.25) is 0 Å². The van der Waals surface area contributed by atoms with Crippen LogP contribution in [-0.2, 0) is 0 Å². The number of nitrogens with two attached hydrogens (primary N) is 1. The molecule has 0 bridgehead atoms. The molecule has 2 nitrogen and oxygen atoms in total. The van der Waals surface area contributed by atoms with Gasteiger partial charge in [0, 0.05) is 5.69 Å². The molecule has 0 saturated carbocycles. The fourth-order valence-corrected chi connectivity index (χ4v) is 3.87. The number of ether oxygens (including phenoxy) is 1. The Balaban J connectivity index is 2.10. The molecule has 3 rings (SSSR count). The zero-order valence-corrected chi connectivity index (χ0v) is 15.7. The van der Waals surface area contributed by atoms with Crippen LogP contribution in [0.5, 0.6) is 5.75 Å². The molecule has 0 heterocycles. The Labute approximate surface area is 156 Å². The molecule has 2 N–H and O–H groups in total. The number of hydrogen-bond acceptors (Lipinski definition) is 2. The lowest BCUT2D eigenvalue weighted by atomic mass is 9.72. The first-order valence-corrected chi connectivity index (χ1v) is 9.15. The minimum Gasteiger partial charge on any atom is -0.497 e. The highest BCUT2D eigenvalue weighted by Crippen LogP contribution is 2.45. The van der Waals surface area contributed by atoms with Gasteiger partial charge >= 0.3 is 0 Å².